The number of aromatic nitrogens is 1. The topological polar surface area (TPSA) is 112 Å². The van der Waals surface area contributed by atoms with Crippen LogP contribution in [0.15, 0.2) is 6.20 Å². The molecule has 0 saturated carbocycles. The lowest BCUT2D eigenvalue weighted by Gasteiger charge is -2.36. The van der Waals surface area contributed by atoms with E-state index in [9.17, 15) is 14.9 Å². The van der Waals surface area contributed by atoms with Gasteiger partial charge in [-0.25, -0.2) is 9.78 Å². The largest absolute Gasteiger partial charge is 0.478 e. The molecule has 0 aliphatic heterocycles. The van der Waals surface area contributed by atoms with E-state index in [-0.39, 0.29) is 24.1 Å². The van der Waals surface area contributed by atoms with Crippen molar-refractivity contribution >= 4 is 31.6 Å². The Kier molecular flexibility index (Phi) is 6.31. The van der Waals surface area contributed by atoms with Crippen LogP contribution in [0.5, 0.6) is 5.88 Å². The average molecular weight is 377 g/mol. The minimum atomic E-state index is -1.95. The molecule has 24 heavy (non-hydrogen) atoms. The lowest BCUT2D eigenvalue weighted by molar-refractivity contribution is -0.386. The Morgan fingerprint density at radius 3 is 2.46 bits per heavy atom. The van der Waals surface area contributed by atoms with Crippen molar-refractivity contribution < 1.29 is 24.0 Å². The lowest BCUT2D eigenvalue weighted by atomic mass is 10.2. The molecule has 1 rings (SSSR count). The monoisotopic (exact) mass is 376 g/mol. The molecule has 0 amide bonds. The predicted molar refractivity (Wildman–Crippen MR) is 91.5 cm³/mol. The van der Waals surface area contributed by atoms with Gasteiger partial charge in [0.1, 0.15) is 17.2 Å². The zero-order valence-electron chi connectivity index (χ0n) is 14.3. The summed E-state index contributed by atoms with van der Waals surface area (Å²) in [6.45, 7) is 10.7. The molecular formula is C14H21ClN2O6Si. The van der Waals surface area contributed by atoms with E-state index < -0.39 is 35.5 Å². The molecule has 0 saturated heterocycles. The quantitative estimate of drug-likeness (QED) is 0.334. The van der Waals surface area contributed by atoms with Gasteiger partial charge in [0.15, 0.2) is 8.32 Å². The average Bonchev–Trinajstić information content (AvgIpc) is 2.41. The van der Waals surface area contributed by atoms with Crippen LogP contribution in [0.4, 0.5) is 5.69 Å². The highest BCUT2D eigenvalue weighted by Gasteiger charge is 2.37. The van der Waals surface area contributed by atoms with E-state index in [1.165, 1.54) is 0 Å². The number of halogens is 1. The van der Waals surface area contributed by atoms with Gasteiger partial charge in [-0.2, -0.15) is 0 Å². The van der Waals surface area contributed by atoms with Gasteiger partial charge in [0, 0.05) is 6.20 Å². The third-order valence-corrected chi connectivity index (χ3v) is 8.88. The molecule has 8 nitrogen and oxygen atoms in total. The number of nitro groups is 1. The maximum atomic E-state index is 11.1. The summed E-state index contributed by atoms with van der Waals surface area (Å²) >= 11 is 5.78. The van der Waals surface area contributed by atoms with Gasteiger partial charge in [-0.15, -0.1) is 0 Å². The van der Waals surface area contributed by atoms with Crippen LogP contribution in [0, 0.1) is 10.1 Å². The minimum absolute atomic E-state index is 0.0314. The van der Waals surface area contributed by atoms with E-state index in [2.05, 4.69) is 38.8 Å². The van der Waals surface area contributed by atoms with Crippen LogP contribution in [0.1, 0.15) is 31.1 Å². The Morgan fingerprint density at radius 1 is 1.42 bits per heavy atom. The van der Waals surface area contributed by atoms with Gasteiger partial charge in [0.05, 0.1) is 11.5 Å². The van der Waals surface area contributed by atoms with E-state index in [0.717, 1.165) is 6.20 Å². The van der Waals surface area contributed by atoms with Crippen LogP contribution >= 0.6 is 11.6 Å². The summed E-state index contributed by atoms with van der Waals surface area (Å²) in [5.74, 6) is -1.72. The number of aromatic carboxylic acids is 1. The van der Waals surface area contributed by atoms with Gasteiger partial charge in [0.2, 0.25) is 0 Å². The highest BCUT2D eigenvalue weighted by molar-refractivity contribution is 6.74. The van der Waals surface area contributed by atoms with Gasteiger partial charge in [-0.05, 0) is 18.1 Å². The van der Waals surface area contributed by atoms with Crippen LogP contribution < -0.4 is 4.74 Å². The lowest BCUT2D eigenvalue weighted by Crippen LogP contribution is -2.41. The standard InChI is InChI=1S/C14H21ClN2O6Si/c1-14(2,3)24(4,5)23-7-6-22-12-11(17(20)21)10(15)9(8-16-12)13(18)19/h8H,6-7H2,1-5H3,(H,18,19). The highest BCUT2D eigenvalue weighted by atomic mass is 35.5. The fraction of sp³-hybridized carbons (Fsp3) is 0.571. The zero-order chi connectivity index (χ0) is 18.7. The van der Waals surface area contributed by atoms with Crippen LogP contribution in [0.2, 0.25) is 23.2 Å². The molecule has 1 aromatic heterocycles. The third kappa shape index (κ3) is 4.65. The van der Waals surface area contributed by atoms with Crippen molar-refractivity contribution in [3.05, 3.63) is 26.9 Å². The smallest absolute Gasteiger partial charge is 0.350 e. The summed E-state index contributed by atoms with van der Waals surface area (Å²) in [5, 5.41) is 19.6. The molecule has 0 aromatic carbocycles. The normalized spacial score (nSPS) is 12.1. The first-order valence-electron chi connectivity index (χ1n) is 7.21. The number of nitrogens with zero attached hydrogens (tertiary/aromatic N) is 2. The fourth-order valence-electron chi connectivity index (χ4n) is 1.53. The second-order valence-corrected chi connectivity index (χ2v) is 11.8. The van der Waals surface area contributed by atoms with Crippen LogP contribution in [0.25, 0.3) is 0 Å². The summed E-state index contributed by atoms with van der Waals surface area (Å²) in [6, 6.07) is 0. The maximum Gasteiger partial charge on any atom is 0.350 e. The number of carboxylic acid groups (broad SMARTS) is 1. The minimum Gasteiger partial charge on any atom is -0.478 e. The van der Waals surface area contributed by atoms with Gasteiger partial charge in [0.25, 0.3) is 5.88 Å². The SMILES string of the molecule is CC(C)(C)[Si](C)(C)OCCOc1ncc(C(=O)O)c(Cl)c1[N+](=O)[O-]. The molecule has 1 aromatic rings. The first-order chi connectivity index (χ1) is 10.9. The second-order valence-electron chi connectivity index (χ2n) is 6.66. The Labute approximate surface area is 146 Å². The molecule has 0 unspecified atom stereocenters. The Hall–Kier alpha value is -1.71. The van der Waals surface area contributed by atoms with E-state index in [4.69, 9.17) is 25.9 Å². The zero-order valence-corrected chi connectivity index (χ0v) is 16.0. The number of carboxylic acids is 1. The summed E-state index contributed by atoms with van der Waals surface area (Å²) in [5.41, 5.74) is -1.11. The molecule has 0 atom stereocenters. The number of pyridine rings is 1. The van der Waals surface area contributed by atoms with E-state index in [0.29, 0.717) is 0 Å². The Balaban J connectivity index is 2.85. The van der Waals surface area contributed by atoms with Crippen LogP contribution in [-0.2, 0) is 4.43 Å². The van der Waals surface area contributed by atoms with Crippen LogP contribution in [0.3, 0.4) is 0 Å². The number of ether oxygens (including phenoxy) is 1. The molecule has 0 radical (unpaired) electrons. The van der Waals surface area contributed by atoms with E-state index in [1.54, 1.807) is 0 Å². The Morgan fingerprint density at radius 2 is 2.00 bits per heavy atom. The molecule has 0 aliphatic rings. The molecule has 10 heteroatoms. The number of rotatable bonds is 7. The fourth-order valence-corrected chi connectivity index (χ4v) is 2.83. The molecule has 0 aliphatic carbocycles. The first kappa shape index (κ1) is 20.3. The summed E-state index contributed by atoms with van der Waals surface area (Å²) in [6.07, 6.45) is 0.932. The third-order valence-electron chi connectivity index (χ3n) is 3.96. The summed E-state index contributed by atoms with van der Waals surface area (Å²) in [4.78, 5) is 25.0. The van der Waals surface area contributed by atoms with Crippen molar-refractivity contribution in [3.63, 3.8) is 0 Å². The summed E-state index contributed by atoms with van der Waals surface area (Å²) < 4.78 is 11.2. The molecule has 134 valence electrons. The number of carbonyl (C=O) groups is 1. The van der Waals surface area contributed by atoms with Gasteiger partial charge < -0.3 is 14.3 Å². The van der Waals surface area contributed by atoms with Crippen molar-refractivity contribution in [1.29, 1.82) is 0 Å². The maximum absolute atomic E-state index is 11.1. The van der Waals surface area contributed by atoms with E-state index in [1.807, 2.05) is 0 Å². The van der Waals surface area contributed by atoms with Gasteiger partial charge >= 0.3 is 11.7 Å². The molecule has 0 spiro atoms. The van der Waals surface area contributed by atoms with Crippen LogP contribution in [-0.4, -0.2) is 42.5 Å². The molecule has 0 bridgehead atoms. The second kappa shape index (κ2) is 7.45. The molecule has 1 N–H and O–H groups in total. The molecule has 0 fully saturated rings. The predicted octanol–water partition coefficient (Wildman–Crippen LogP) is 3.74. The van der Waals surface area contributed by atoms with Crippen molar-refractivity contribution in [2.75, 3.05) is 13.2 Å². The van der Waals surface area contributed by atoms with Crippen molar-refractivity contribution in [3.8, 4) is 5.88 Å². The number of hydrogen-bond donors (Lipinski definition) is 1. The van der Waals surface area contributed by atoms with Crippen molar-refractivity contribution in [1.82, 2.24) is 4.98 Å². The van der Waals surface area contributed by atoms with E-state index >= 15 is 0 Å². The van der Waals surface area contributed by atoms with Crippen molar-refractivity contribution in [2.24, 2.45) is 0 Å². The number of hydrogen-bond acceptors (Lipinski definition) is 6. The van der Waals surface area contributed by atoms with Crippen molar-refractivity contribution in [2.45, 2.75) is 38.9 Å². The Bertz CT molecular complexity index is 645. The molecular weight excluding hydrogens is 356 g/mol. The van der Waals surface area contributed by atoms with Gasteiger partial charge in [-0.3, -0.25) is 10.1 Å². The summed E-state index contributed by atoms with van der Waals surface area (Å²) in [7, 11) is -1.95. The highest BCUT2D eigenvalue weighted by Crippen LogP contribution is 2.37. The first-order valence-corrected chi connectivity index (χ1v) is 10.5. The molecule has 1 heterocycles. The van der Waals surface area contributed by atoms with Gasteiger partial charge in [-0.1, -0.05) is 32.4 Å².